The zero-order chi connectivity index (χ0) is 14.4. The van der Waals surface area contributed by atoms with Gasteiger partial charge >= 0.3 is 12.1 Å². The predicted molar refractivity (Wildman–Crippen MR) is 59.2 cm³/mol. The van der Waals surface area contributed by atoms with E-state index in [1.165, 1.54) is 0 Å². The highest BCUT2D eigenvalue weighted by atomic mass is 19.4. The van der Waals surface area contributed by atoms with Crippen molar-refractivity contribution in [3.05, 3.63) is 0 Å². The first-order valence-corrected chi connectivity index (χ1v) is 6.24. The zero-order valence-corrected chi connectivity index (χ0v) is 10.5. The van der Waals surface area contributed by atoms with Crippen molar-refractivity contribution in [1.29, 1.82) is 0 Å². The first kappa shape index (κ1) is 14.1. The molecule has 0 unspecified atom stereocenters. The highest BCUT2D eigenvalue weighted by Gasteiger charge is 2.55. The molecule has 0 aromatic carbocycles. The van der Waals surface area contributed by atoms with Crippen molar-refractivity contribution in [3.63, 3.8) is 0 Å². The second-order valence-corrected chi connectivity index (χ2v) is 5.72. The van der Waals surface area contributed by atoms with Gasteiger partial charge in [-0.25, -0.2) is 0 Å². The Balaban J connectivity index is 2.14. The van der Waals surface area contributed by atoms with Crippen molar-refractivity contribution >= 4 is 11.9 Å². The number of alkyl halides is 3. The molecular formula is C12H16F3NO3. The largest absolute Gasteiger partial charge is 0.481 e. The number of rotatable bonds is 2. The van der Waals surface area contributed by atoms with Crippen molar-refractivity contribution in [2.45, 2.75) is 32.4 Å². The lowest BCUT2D eigenvalue weighted by molar-refractivity contribution is -0.188. The fraction of sp³-hybridized carbons (Fsp3) is 0.833. The number of halogens is 3. The summed E-state index contributed by atoms with van der Waals surface area (Å²) in [5, 5.41) is 8.88. The standard InChI is InChI=1S/C12H16F3NO3/c1-11(3-2-4-11)10(19)16-5-7(9(17)18)8(6-16)12(13,14)15/h7-8H,2-6H2,1H3,(H,17,18)/t7-,8-/m1/s1. The van der Waals surface area contributed by atoms with Crippen molar-refractivity contribution in [1.82, 2.24) is 4.90 Å². The summed E-state index contributed by atoms with van der Waals surface area (Å²) in [7, 11) is 0. The number of amides is 1. The van der Waals surface area contributed by atoms with Gasteiger partial charge in [0, 0.05) is 18.5 Å². The molecule has 7 heteroatoms. The minimum Gasteiger partial charge on any atom is -0.481 e. The maximum atomic E-state index is 12.8. The lowest BCUT2D eigenvalue weighted by Gasteiger charge is -2.39. The van der Waals surface area contributed by atoms with Gasteiger partial charge in [0.15, 0.2) is 0 Å². The second-order valence-electron chi connectivity index (χ2n) is 5.72. The summed E-state index contributed by atoms with van der Waals surface area (Å²) < 4.78 is 38.4. The number of carboxylic acids is 1. The van der Waals surface area contributed by atoms with Crippen LogP contribution in [-0.2, 0) is 9.59 Å². The van der Waals surface area contributed by atoms with Gasteiger partial charge in [-0.15, -0.1) is 0 Å². The van der Waals surface area contributed by atoms with Gasteiger partial charge in [0.25, 0.3) is 0 Å². The third kappa shape index (κ3) is 2.42. The number of hydrogen-bond acceptors (Lipinski definition) is 2. The van der Waals surface area contributed by atoms with Gasteiger partial charge < -0.3 is 10.0 Å². The summed E-state index contributed by atoms with van der Waals surface area (Å²) in [5.41, 5.74) is -0.594. The SMILES string of the molecule is CC1(C(=O)N2C[C@@H](C(F)(F)F)[C@H](C(=O)O)C2)CCC1. The monoisotopic (exact) mass is 279 g/mol. The Morgan fingerprint density at radius 1 is 1.26 bits per heavy atom. The number of likely N-dealkylation sites (tertiary alicyclic amines) is 1. The molecule has 1 N–H and O–H groups in total. The van der Waals surface area contributed by atoms with E-state index in [1.807, 2.05) is 0 Å². The number of aliphatic carboxylic acids is 1. The maximum Gasteiger partial charge on any atom is 0.394 e. The molecule has 2 rings (SSSR count). The van der Waals surface area contributed by atoms with Crippen LogP contribution in [0.1, 0.15) is 26.2 Å². The van der Waals surface area contributed by atoms with Crippen molar-refractivity contribution in [2.75, 3.05) is 13.1 Å². The first-order valence-electron chi connectivity index (χ1n) is 6.24. The van der Waals surface area contributed by atoms with E-state index in [0.717, 1.165) is 11.3 Å². The Morgan fingerprint density at radius 2 is 1.84 bits per heavy atom. The van der Waals surface area contributed by atoms with Gasteiger partial charge in [-0.1, -0.05) is 13.3 Å². The van der Waals surface area contributed by atoms with Gasteiger partial charge in [0.1, 0.15) is 0 Å². The van der Waals surface area contributed by atoms with E-state index < -0.39 is 35.9 Å². The molecule has 1 saturated carbocycles. The van der Waals surface area contributed by atoms with Gasteiger partial charge in [-0.2, -0.15) is 13.2 Å². The summed E-state index contributed by atoms with van der Waals surface area (Å²) in [5.74, 6) is -5.33. The molecule has 19 heavy (non-hydrogen) atoms. The fourth-order valence-electron chi connectivity index (χ4n) is 2.85. The summed E-state index contributed by atoms with van der Waals surface area (Å²) in [6.07, 6.45) is -2.37. The van der Waals surface area contributed by atoms with E-state index in [4.69, 9.17) is 5.11 Å². The zero-order valence-electron chi connectivity index (χ0n) is 10.5. The Morgan fingerprint density at radius 3 is 2.16 bits per heavy atom. The van der Waals surface area contributed by atoms with E-state index in [1.54, 1.807) is 6.92 Å². The van der Waals surface area contributed by atoms with Crippen LogP contribution in [0.2, 0.25) is 0 Å². The summed E-state index contributed by atoms with van der Waals surface area (Å²) in [6, 6.07) is 0. The average molecular weight is 279 g/mol. The molecule has 0 bridgehead atoms. The van der Waals surface area contributed by atoms with Gasteiger partial charge in [0.05, 0.1) is 11.8 Å². The number of carboxylic acid groups (broad SMARTS) is 1. The predicted octanol–water partition coefficient (Wildman–Crippen LogP) is 1.90. The van der Waals surface area contributed by atoms with Crippen LogP contribution in [-0.4, -0.2) is 41.1 Å². The molecule has 4 nitrogen and oxygen atoms in total. The highest BCUT2D eigenvalue weighted by Crippen LogP contribution is 2.45. The molecule has 2 atom stereocenters. The van der Waals surface area contributed by atoms with Gasteiger partial charge in [-0.3, -0.25) is 9.59 Å². The van der Waals surface area contributed by atoms with E-state index >= 15 is 0 Å². The maximum absolute atomic E-state index is 12.8. The minimum absolute atomic E-state index is 0.336. The molecule has 0 spiro atoms. The van der Waals surface area contributed by atoms with E-state index in [2.05, 4.69) is 0 Å². The van der Waals surface area contributed by atoms with Crippen LogP contribution in [0.25, 0.3) is 0 Å². The molecule has 1 amide bonds. The van der Waals surface area contributed by atoms with Crippen molar-refractivity contribution in [2.24, 2.45) is 17.3 Å². The molecule has 0 aromatic heterocycles. The Hall–Kier alpha value is -1.27. The van der Waals surface area contributed by atoms with E-state index in [0.29, 0.717) is 12.8 Å². The molecule has 0 radical (unpaired) electrons. The van der Waals surface area contributed by atoms with Crippen molar-refractivity contribution in [3.8, 4) is 0 Å². The first-order chi connectivity index (χ1) is 8.65. The van der Waals surface area contributed by atoms with Crippen LogP contribution in [0.3, 0.4) is 0 Å². The Kier molecular flexibility index (Phi) is 3.26. The van der Waals surface area contributed by atoms with Crippen LogP contribution in [0.5, 0.6) is 0 Å². The average Bonchev–Trinajstić information content (AvgIpc) is 2.69. The van der Waals surface area contributed by atoms with Crippen LogP contribution in [0.4, 0.5) is 13.2 Å². The fourth-order valence-corrected chi connectivity index (χ4v) is 2.85. The quantitative estimate of drug-likeness (QED) is 0.840. The molecule has 0 aromatic rings. The second kappa shape index (κ2) is 4.38. The summed E-state index contributed by atoms with van der Waals surface area (Å²) in [4.78, 5) is 24.2. The molecule has 1 aliphatic carbocycles. The van der Waals surface area contributed by atoms with Crippen LogP contribution in [0, 0.1) is 17.3 Å². The van der Waals surface area contributed by atoms with E-state index in [-0.39, 0.29) is 12.5 Å². The molecule has 2 aliphatic rings. The third-order valence-corrected chi connectivity index (χ3v) is 4.32. The summed E-state index contributed by atoms with van der Waals surface area (Å²) in [6.45, 7) is 0.859. The highest BCUT2D eigenvalue weighted by molar-refractivity contribution is 5.84. The van der Waals surface area contributed by atoms with Gasteiger partial charge in [-0.05, 0) is 12.8 Å². The normalized spacial score (nSPS) is 30.0. The van der Waals surface area contributed by atoms with Crippen LogP contribution in [0.15, 0.2) is 0 Å². The van der Waals surface area contributed by atoms with Crippen LogP contribution < -0.4 is 0 Å². The smallest absolute Gasteiger partial charge is 0.394 e. The minimum atomic E-state index is -4.58. The lowest BCUT2D eigenvalue weighted by atomic mass is 9.69. The molecule has 108 valence electrons. The van der Waals surface area contributed by atoms with Gasteiger partial charge in [0.2, 0.25) is 5.91 Å². The number of nitrogens with zero attached hydrogens (tertiary/aromatic N) is 1. The Bertz CT molecular complexity index is 404. The lowest BCUT2D eigenvalue weighted by Crippen LogP contribution is -2.45. The topological polar surface area (TPSA) is 57.6 Å². The molecule has 2 fully saturated rings. The van der Waals surface area contributed by atoms with Crippen molar-refractivity contribution < 1.29 is 27.9 Å². The van der Waals surface area contributed by atoms with E-state index in [9.17, 15) is 22.8 Å². The Labute approximate surface area is 108 Å². The third-order valence-electron chi connectivity index (χ3n) is 4.32. The molecular weight excluding hydrogens is 263 g/mol. The number of carbonyl (C=O) groups excluding carboxylic acids is 1. The molecule has 1 saturated heterocycles. The molecule has 1 aliphatic heterocycles. The molecule has 1 heterocycles. The summed E-state index contributed by atoms with van der Waals surface area (Å²) >= 11 is 0. The number of hydrogen-bond donors (Lipinski definition) is 1. The van der Waals surface area contributed by atoms with Crippen LogP contribution >= 0.6 is 0 Å². The number of carbonyl (C=O) groups is 2.